The number of hydrogen-bond donors (Lipinski definition) is 1. The quantitative estimate of drug-likeness (QED) is 0.337. The van der Waals surface area contributed by atoms with Crippen LogP contribution < -0.4 is 10.9 Å². The highest BCUT2D eigenvalue weighted by molar-refractivity contribution is 7.99. The molecule has 1 N–H and O–H groups in total. The Bertz CT molecular complexity index is 789. The average Bonchev–Trinajstić information content (AvgIpc) is 3.22. The molecule has 1 aliphatic heterocycles. The second-order valence-corrected chi connectivity index (χ2v) is 8.48. The molecule has 0 spiro atoms. The number of nitrogens with one attached hydrogen (secondary N) is 1. The lowest BCUT2D eigenvalue weighted by Crippen LogP contribution is -2.24. The van der Waals surface area contributed by atoms with Crippen LogP contribution in [0.4, 0.5) is 5.88 Å². The second-order valence-electron chi connectivity index (χ2n) is 7.25. The zero-order chi connectivity index (χ0) is 19.8. The number of thioether (sulfide) groups is 1. The third-order valence-electron chi connectivity index (χ3n) is 5.31. The summed E-state index contributed by atoms with van der Waals surface area (Å²) in [6.07, 6.45) is 9.19. The minimum absolute atomic E-state index is 0.0973. The molecular weight excluding hydrogens is 378 g/mol. The molecule has 7 nitrogen and oxygen atoms in total. The van der Waals surface area contributed by atoms with Crippen molar-refractivity contribution in [2.75, 3.05) is 11.5 Å². The van der Waals surface area contributed by atoms with Gasteiger partial charge in [-0.05, 0) is 55.6 Å². The molecule has 2 aliphatic rings. The van der Waals surface area contributed by atoms with E-state index in [1.54, 1.807) is 0 Å². The van der Waals surface area contributed by atoms with E-state index in [1.807, 2.05) is 18.7 Å². The lowest BCUT2D eigenvalue weighted by Gasteiger charge is -2.12. The molecule has 2 heterocycles. The third kappa shape index (κ3) is 5.95. The van der Waals surface area contributed by atoms with Gasteiger partial charge in [0.15, 0.2) is 0 Å². The van der Waals surface area contributed by atoms with Crippen LogP contribution in [0.1, 0.15) is 56.1 Å². The maximum atomic E-state index is 12.0. The summed E-state index contributed by atoms with van der Waals surface area (Å²) < 4.78 is 5.26. The standard InChI is InChI=1S/C20H27N3O4S/c1-14-16(7-6-15-4-2-3-5-15)12-18(25)26-19(14)22-20(21-13-24)27-23-17-8-10-28-11-9-17/h12-13,15H,2-11H2,1H3,(H,21,22,24). The van der Waals surface area contributed by atoms with Gasteiger partial charge in [-0.2, -0.15) is 16.8 Å². The van der Waals surface area contributed by atoms with Crippen molar-refractivity contribution in [3.05, 3.63) is 27.6 Å². The number of aryl methyl sites for hydroxylation is 1. The van der Waals surface area contributed by atoms with Gasteiger partial charge in [-0.3, -0.25) is 10.1 Å². The molecule has 3 rings (SSSR count). The van der Waals surface area contributed by atoms with Gasteiger partial charge >= 0.3 is 11.6 Å². The molecule has 28 heavy (non-hydrogen) atoms. The van der Waals surface area contributed by atoms with Gasteiger partial charge < -0.3 is 9.25 Å². The van der Waals surface area contributed by atoms with Gasteiger partial charge in [0.05, 0.1) is 5.71 Å². The van der Waals surface area contributed by atoms with Crippen molar-refractivity contribution in [1.29, 1.82) is 0 Å². The largest absolute Gasteiger partial charge is 0.404 e. The Morgan fingerprint density at radius 1 is 1.36 bits per heavy atom. The normalized spacial score (nSPS) is 18.2. The molecule has 8 heteroatoms. The smallest absolute Gasteiger partial charge is 0.337 e. The van der Waals surface area contributed by atoms with E-state index in [4.69, 9.17) is 9.25 Å². The first-order valence-corrected chi connectivity index (χ1v) is 11.0. The molecule has 1 aromatic rings. The van der Waals surface area contributed by atoms with E-state index in [0.717, 1.165) is 59.9 Å². The van der Waals surface area contributed by atoms with E-state index >= 15 is 0 Å². The Hall–Kier alpha value is -2.09. The van der Waals surface area contributed by atoms with Crippen molar-refractivity contribution in [2.24, 2.45) is 16.1 Å². The number of amidine groups is 1. The van der Waals surface area contributed by atoms with E-state index in [9.17, 15) is 9.59 Å². The Kier molecular flexibility index (Phi) is 7.71. The molecule has 0 atom stereocenters. The number of amides is 1. The van der Waals surface area contributed by atoms with Gasteiger partial charge in [0.25, 0.3) is 0 Å². The number of carbonyl (C=O) groups excluding carboxylic acids is 1. The monoisotopic (exact) mass is 405 g/mol. The van der Waals surface area contributed by atoms with Gasteiger partial charge in [0, 0.05) is 11.6 Å². The molecule has 1 saturated heterocycles. The summed E-state index contributed by atoms with van der Waals surface area (Å²) in [6.45, 7) is 1.87. The van der Waals surface area contributed by atoms with Crippen LogP contribution in [0.3, 0.4) is 0 Å². The van der Waals surface area contributed by atoms with Crippen molar-refractivity contribution in [3.63, 3.8) is 0 Å². The van der Waals surface area contributed by atoms with E-state index < -0.39 is 5.63 Å². The molecule has 0 unspecified atom stereocenters. The molecule has 0 bridgehead atoms. The molecular formula is C20H27N3O4S. The van der Waals surface area contributed by atoms with Crippen LogP contribution in [-0.2, 0) is 16.1 Å². The van der Waals surface area contributed by atoms with Crippen LogP contribution in [-0.4, -0.2) is 29.6 Å². The number of oxime groups is 1. The maximum Gasteiger partial charge on any atom is 0.337 e. The summed E-state index contributed by atoms with van der Waals surface area (Å²) in [5.41, 5.74) is 2.20. The molecule has 1 amide bonds. The summed E-state index contributed by atoms with van der Waals surface area (Å²) in [5, 5.41) is 6.48. The zero-order valence-corrected chi connectivity index (χ0v) is 17.1. The number of aliphatic imine (C=N–C) groups is 1. The average molecular weight is 406 g/mol. The van der Waals surface area contributed by atoms with Crippen molar-refractivity contribution in [1.82, 2.24) is 5.32 Å². The van der Waals surface area contributed by atoms with E-state index in [2.05, 4.69) is 15.5 Å². The summed E-state index contributed by atoms with van der Waals surface area (Å²) >= 11 is 1.88. The summed E-state index contributed by atoms with van der Waals surface area (Å²) in [4.78, 5) is 32.4. The SMILES string of the molecule is Cc1c(CCC2CCCC2)cc(=O)oc1/N=C(\NC=O)ON=C1CCSCC1. The van der Waals surface area contributed by atoms with Gasteiger partial charge in [0.1, 0.15) is 0 Å². The highest BCUT2D eigenvalue weighted by atomic mass is 32.2. The van der Waals surface area contributed by atoms with E-state index in [1.165, 1.54) is 31.7 Å². The Labute approximate surface area is 169 Å². The first-order chi connectivity index (χ1) is 13.7. The van der Waals surface area contributed by atoms with Gasteiger partial charge in [0.2, 0.25) is 12.3 Å². The van der Waals surface area contributed by atoms with E-state index in [-0.39, 0.29) is 11.9 Å². The summed E-state index contributed by atoms with van der Waals surface area (Å²) in [5.74, 6) is 2.90. The lowest BCUT2D eigenvalue weighted by atomic mass is 9.97. The summed E-state index contributed by atoms with van der Waals surface area (Å²) in [6, 6.07) is 1.44. The van der Waals surface area contributed by atoms with Gasteiger partial charge in [-0.25, -0.2) is 4.79 Å². The number of rotatable bonds is 6. The summed E-state index contributed by atoms with van der Waals surface area (Å²) in [7, 11) is 0. The minimum Gasteiger partial charge on any atom is -0.404 e. The van der Waals surface area contributed by atoms with Crippen LogP contribution in [0.2, 0.25) is 0 Å². The molecule has 0 radical (unpaired) electrons. The predicted octanol–water partition coefficient (Wildman–Crippen LogP) is 3.70. The molecule has 2 fully saturated rings. The first-order valence-electron chi connectivity index (χ1n) is 9.88. The van der Waals surface area contributed by atoms with Crippen LogP contribution in [0.15, 0.2) is 25.4 Å². The van der Waals surface area contributed by atoms with E-state index in [0.29, 0.717) is 6.41 Å². The number of carbonyl (C=O) groups is 1. The molecule has 152 valence electrons. The van der Waals surface area contributed by atoms with Gasteiger partial charge in [-0.1, -0.05) is 30.8 Å². The molecule has 1 aromatic heterocycles. The topological polar surface area (TPSA) is 93.3 Å². The highest BCUT2D eigenvalue weighted by Crippen LogP contribution is 2.30. The second kappa shape index (κ2) is 10.5. The first kappa shape index (κ1) is 20.6. The van der Waals surface area contributed by atoms with Crippen molar-refractivity contribution >= 4 is 35.8 Å². The number of hydrogen-bond acceptors (Lipinski definition) is 7. The Morgan fingerprint density at radius 2 is 2.11 bits per heavy atom. The zero-order valence-electron chi connectivity index (χ0n) is 16.2. The molecule has 0 aromatic carbocycles. The van der Waals surface area contributed by atoms with Crippen molar-refractivity contribution in [3.8, 4) is 0 Å². The van der Waals surface area contributed by atoms with Gasteiger partial charge in [-0.15, -0.1) is 0 Å². The Morgan fingerprint density at radius 3 is 2.82 bits per heavy atom. The van der Waals surface area contributed by atoms with Crippen LogP contribution >= 0.6 is 11.8 Å². The maximum absolute atomic E-state index is 12.0. The molecule has 1 aliphatic carbocycles. The van der Waals surface area contributed by atoms with Crippen molar-refractivity contribution in [2.45, 2.75) is 58.3 Å². The fraction of sp³-hybridized carbons (Fsp3) is 0.600. The fourth-order valence-electron chi connectivity index (χ4n) is 3.64. The van der Waals surface area contributed by atoms with Crippen LogP contribution in [0, 0.1) is 12.8 Å². The fourth-order valence-corrected chi connectivity index (χ4v) is 4.61. The molecule has 1 saturated carbocycles. The highest BCUT2D eigenvalue weighted by Gasteiger charge is 2.17. The minimum atomic E-state index is -0.452. The number of nitrogens with zero attached hydrogens (tertiary/aromatic N) is 2. The third-order valence-corrected chi connectivity index (χ3v) is 6.29. The predicted molar refractivity (Wildman–Crippen MR) is 111 cm³/mol. The van der Waals surface area contributed by atoms with Crippen LogP contribution in [0.5, 0.6) is 0 Å². The Balaban J connectivity index is 1.76. The lowest BCUT2D eigenvalue weighted by molar-refractivity contribution is -0.108. The van der Waals surface area contributed by atoms with Crippen molar-refractivity contribution < 1.29 is 14.0 Å². The van der Waals surface area contributed by atoms with Crippen LogP contribution in [0.25, 0.3) is 0 Å².